The van der Waals surface area contributed by atoms with E-state index in [1.165, 1.54) is 0 Å². The molecule has 22 heavy (non-hydrogen) atoms. The van der Waals surface area contributed by atoms with Crippen LogP contribution in [0.5, 0.6) is 0 Å². The van der Waals surface area contributed by atoms with E-state index in [1.54, 1.807) is 24.1 Å². The lowest BCUT2D eigenvalue weighted by Crippen LogP contribution is -2.40. The molecule has 114 valence electrons. The van der Waals surface area contributed by atoms with Crippen molar-refractivity contribution in [2.75, 3.05) is 13.7 Å². The average Bonchev–Trinajstić information content (AvgIpc) is 2.58. The number of likely N-dealkylation sites (N-methyl/N-ethyl adjacent to an activating group) is 1. The third-order valence-electron chi connectivity index (χ3n) is 3.64. The fourth-order valence-electron chi connectivity index (χ4n) is 2.24. The van der Waals surface area contributed by atoms with E-state index in [-0.39, 0.29) is 18.6 Å². The molecule has 1 N–H and O–H groups in total. The van der Waals surface area contributed by atoms with Crippen molar-refractivity contribution < 1.29 is 9.90 Å². The van der Waals surface area contributed by atoms with Crippen LogP contribution in [0, 0.1) is 0 Å². The smallest absolute Gasteiger partial charge is 0.246 e. The number of hydrogen-bond acceptors (Lipinski definition) is 2. The van der Waals surface area contributed by atoms with Crippen molar-refractivity contribution in [3.63, 3.8) is 0 Å². The Hall–Kier alpha value is -2.39. The number of carbonyl (C=O) groups excluding carboxylic acids is 1. The minimum Gasteiger partial charge on any atom is -0.394 e. The molecule has 0 spiro atoms. The minimum atomic E-state index is -0.227. The molecule has 0 bridgehead atoms. The number of benzene rings is 2. The molecule has 2 aromatic rings. The van der Waals surface area contributed by atoms with E-state index in [9.17, 15) is 9.90 Å². The van der Waals surface area contributed by atoms with Gasteiger partial charge in [-0.1, -0.05) is 60.7 Å². The zero-order valence-electron chi connectivity index (χ0n) is 12.7. The van der Waals surface area contributed by atoms with Gasteiger partial charge in [0.2, 0.25) is 5.91 Å². The summed E-state index contributed by atoms with van der Waals surface area (Å²) < 4.78 is 0. The molecule has 2 rings (SSSR count). The van der Waals surface area contributed by atoms with Crippen LogP contribution in [0.4, 0.5) is 0 Å². The van der Waals surface area contributed by atoms with E-state index in [1.807, 2.05) is 60.7 Å². The topological polar surface area (TPSA) is 40.5 Å². The van der Waals surface area contributed by atoms with E-state index >= 15 is 0 Å². The predicted octanol–water partition coefficient (Wildman–Crippen LogP) is 2.76. The highest BCUT2D eigenvalue weighted by atomic mass is 16.3. The second-order valence-corrected chi connectivity index (χ2v) is 5.22. The second kappa shape index (κ2) is 8.15. The highest BCUT2D eigenvalue weighted by Crippen LogP contribution is 2.09. The van der Waals surface area contributed by atoms with Crippen LogP contribution in [-0.4, -0.2) is 35.6 Å². The van der Waals surface area contributed by atoms with E-state index in [4.69, 9.17) is 0 Å². The van der Waals surface area contributed by atoms with Crippen LogP contribution in [0.2, 0.25) is 0 Å². The standard InChI is InChI=1S/C19H21NO2/c1-20(18(15-21)14-17-10-6-3-7-11-17)19(22)13-12-16-8-4-2-5-9-16/h2-13,18,21H,14-15H2,1H3/b13-12+/t18-/m0/s1. The fourth-order valence-corrected chi connectivity index (χ4v) is 2.24. The van der Waals surface area contributed by atoms with E-state index in [2.05, 4.69) is 0 Å². The van der Waals surface area contributed by atoms with Gasteiger partial charge in [-0.25, -0.2) is 0 Å². The lowest BCUT2D eigenvalue weighted by atomic mass is 10.1. The summed E-state index contributed by atoms with van der Waals surface area (Å²) in [4.78, 5) is 13.8. The molecule has 3 nitrogen and oxygen atoms in total. The van der Waals surface area contributed by atoms with Gasteiger partial charge in [-0.05, 0) is 23.6 Å². The van der Waals surface area contributed by atoms with Crippen molar-refractivity contribution in [2.24, 2.45) is 0 Å². The van der Waals surface area contributed by atoms with Crippen LogP contribution in [-0.2, 0) is 11.2 Å². The molecular weight excluding hydrogens is 274 g/mol. The van der Waals surface area contributed by atoms with E-state index < -0.39 is 0 Å². The number of nitrogens with zero attached hydrogens (tertiary/aromatic N) is 1. The Balaban J connectivity index is 2.00. The predicted molar refractivity (Wildman–Crippen MR) is 89.3 cm³/mol. The molecule has 0 radical (unpaired) electrons. The van der Waals surface area contributed by atoms with Gasteiger partial charge >= 0.3 is 0 Å². The Labute approximate surface area is 131 Å². The molecule has 0 saturated carbocycles. The highest BCUT2D eigenvalue weighted by molar-refractivity contribution is 5.91. The Morgan fingerprint density at radius 1 is 1.09 bits per heavy atom. The van der Waals surface area contributed by atoms with Crippen LogP contribution in [0.1, 0.15) is 11.1 Å². The van der Waals surface area contributed by atoms with Gasteiger partial charge < -0.3 is 10.0 Å². The summed E-state index contributed by atoms with van der Waals surface area (Å²) in [5.41, 5.74) is 2.08. The van der Waals surface area contributed by atoms with Crippen molar-refractivity contribution in [3.05, 3.63) is 77.9 Å². The number of hydrogen-bond donors (Lipinski definition) is 1. The van der Waals surface area contributed by atoms with Crippen LogP contribution in [0.25, 0.3) is 6.08 Å². The van der Waals surface area contributed by atoms with E-state index in [0.717, 1.165) is 11.1 Å². The zero-order valence-corrected chi connectivity index (χ0v) is 12.7. The van der Waals surface area contributed by atoms with Gasteiger partial charge in [-0.15, -0.1) is 0 Å². The van der Waals surface area contributed by atoms with Crippen LogP contribution in [0.15, 0.2) is 66.7 Å². The zero-order chi connectivity index (χ0) is 15.8. The molecule has 0 fully saturated rings. The third kappa shape index (κ3) is 4.57. The highest BCUT2D eigenvalue weighted by Gasteiger charge is 2.17. The lowest BCUT2D eigenvalue weighted by molar-refractivity contribution is -0.127. The van der Waals surface area contributed by atoms with E-state index in [0.29, 0.717) is 6.42 Å². The second-order valence-electron chi connectivity index (χ2n) is 5.22. The first-order valence-corrected chi connectivity index (χ1v) is 7.35. The fraction of sp³-hybridized carbons (Fsp3) is 0.211. The SMILES string of the molecule is CN(C(=O)/C=C/c1ccccc1)[C@H](CO)Cc1ccccc1. The van der Waals surface area contributed by atoms with Gasteiger partial charge in [0.1, 0.15) is 0 Å². The van der Waals surface area contributed by atoms with Gasteiger partial charge in [0.15, 0.2) is 0 Å². The van der Waals surface area contributed by atoms with Crippen molar-refractivity contribution in [3.8, 4) is 0 Å². The summed E-state index contributed by atoms with van der Waals surface area (Å²) in [7, 11) is 1.72. The Kier molecular flexibility index (Phi) is 5.92. The lowest BCUT2D eigenvalue weighted by Gasteiger charge is -2.25. The number of aliphatic hydroxyl groups excluding tert-OH is 1. The maximum Gasteiger partial charge on any atom is 0.246 e. The molecule has 1 amide bonds. The molecule has 0 saturated heterocycles. The van der Waals surface area contributed by atoms with Crippen molar-refractivity contribution in [2.45, 2.75) is 12.5 Å². The Morgan fingerprint density at radius 3 is 2.27 bits per heavy atom. The minimum absolute atomic E-state index is 0.0592. The summed E-state index contributed by atoms with van der Waals surface area (Å²) in [5, 5.41) is 9.57. The summed E-state index contributed by atoms with van der Waals surface area (Å²) in [6, 6.07) is 19.3. The Bertz CT molecular complexity index is 608. The van der Waals surface area contributed by atoms with Crippen LogP contribution in [0.3, 0.4) is 0 Å². The van der Waals surface area contributed by atoms with Crippen LogP contribution < -0.4 is 0 Å². The first-order chi connectivity index (χ1) is 10.7. The normalized spacial score (nSPS) is 12.3. The molecule has 1 atom stereocenters. The number of amides is 1. The van der Waals surface area contributed by atoms with Gasteiger partial charge in [0.25, 0.3) is 0 Å². The molecule has 3 heteroatoms. The molecule has 0 aromatic heterocycles. The molecule has 0 unspecified atom stereocenters. The molecule has 0 aliphatic carbocycles. The van der Waals surface area contributed by atoms with Crippen molar-refractivity contribution in [1.82, 2.24) is 4.90 Å². The van der Waals surface area contributed by atoms with Crippen molar-refractivity contribution >= 4 is 12.0 Å². The summed E-state index contributed by atoms with van der Waals surface area (Å²) in [5.74, 6) is -0.112. The average molecular weight is 295 g/mol. The Morgan fingerprint density at radius 2 is 1.68 bits per heavy atom. The molecule has 2 aromatic carbocycles. The first-order valence-electron chi connectivity index (χ1n) is 7.35. The number of carbonyl (C=O) groups is 1. The molecule has 0 aliphatic rings. The monoisotopic (exact) mass is 295 g/mol. The molecular formula is C19H21NO2. The molecule has 0 aliphatic heterocycles. The third-order valence-corrected chi connectivity index (χ3v) is 3.64. The van der Waals surface area contributed by atoms with Crippen molar-refractivity contribution in [1.29, 1.82) is 0 Å². The quantitative estimate of drug-likeness (QED) is 0.833. The first kappa shape index (κ1) is 16.0. The number of aliphatic hydroxyl groups is 1. The maximum absolute atomic E-state index is 12.2. The van der Waals surface area contributed by atoms with Gasteiger partial charge in [-0.3, -0.25) is 4.79 Å². The summed E-state index contributed by atoms with van der Waals surface area (Å²) in [6.45, 7) is -0.0592. The maximum atomic E-state index is 12.2. The van der Waals surface area contributed by atoms with Gasteiger partial charge in [-0.2, -0.15) is 0 Å². The largest absolute Gasteiger partial charge is 0.394 e. The summed E-state index contributed by atoms with van der Waals surface area (Å²) >= 11 is 0. The van der Waals surface area contributed by atoms with Crippen LogP contribution >= 0.6 is 0 Å². The summed E-state index contributed by atoms with van der Waals surface area (Å²) in [6.07, 6.45) is 3.97. The van der Waals surface area contributed by atoms with Gasteiger partial charge in [0, 0.05) is 13.1 Å². The number of rotatable bonds is 6. The van der Waals surface area contributed by atoms with Gasteiger partial charge in [0.05, 0.1) is 12.6 Å². The molecule has 0 heterocycles.